The number of pyridine rings is 1. The van der Waals surface area contributed by atoms with Gasteiger partial charge in [0.25, 0.3) is 0 Å². The van der Waals surface area contributed by atoms with E-state index in [1.807, 2.05) is 4.90 Å². The van der Waals surface area contributed by atoms with E-state index in [0.29, 0.717) is 32.1 Å². The zero-order valence-corrected chi connectivity index (χ0v) is 14.5. The molecule has 2 aliphatic rings. The molecular weight excluding hydrogens is 344 g/mol. The fraction of sp³-hybridized carbons (Fsp3) is 0.571. The second-order valence-electron chi connectivity index (χ2n) is 5.86. The Labute approximate surface area is 141 Å². The van der Waals surface area contributed by atoms with Crippen LogP contribution < -0.4 is 4.90 Å². The van der Waals surface area contributed by atoms with Gasteiger partial charge < -0.3 is 14.4 Å². The Morgan fingerprint density at radius 2 is 2.22 bits per heavy atom. The number of rotatable bonds is 3. The third-order valence-corrected chi connectivity index (χ3v) is 5.54. The summed E-state index contributed by atoms with van der Waals surface area (Å²) in [6.45, 7) is 1.98. The van der Waals surface area contributed by atoms with Crippen LogP contribution in [-0.2, 0) is 24.1 Å². The van der Waals surface area contributed by atoms with Gasteiger partial charge in [-0.15, -0.1) is 12.4 Å². The number of nitrogens with zero attached hydrogens (tertiary/aromatic N) is 2. The van der Waals surface area contributed by atoms with Crippen LogP contribution in [0.2, 0.25) is 0 Å². The lowest BCUT2D eigenvalue weighted by molar-refractivity contribution is -0.152. The summed E-state index contributed by atoms with van der Waals surface area (Å²) in [5.74, 6) is 0.465. The van der Waals surface area contributed by atoms with Gasteiger partial charge in [0.05, 0.1) is 25.2 Å². The Morgan fingerprint density at radius 1 is 1.48 bits per heavy atom. The smallest absolute Gasteiger partial charge is 0.316 e. The molecule has 23 heavy (non-hydrogen) atoms. The van der Waals surface area contributed by atoms with Crippen LogP contribution in [0.15, 0.2) is 23.2 Å². The van der Waals surface area contributed by atoms with Crippen LogP contribution in [0.1, 0.15) is 0 Å². The lowest BCUT2D eigenvalue weighted by Gasteiger charge is -2.24. The van der Waals surface area contributed by atoms with Crippen molar-refractivity contribution in [2.24, 2.45) is 11.3 Å². The first-order chi connectivity index (χ1) is 10.4. The summed E-state index contributed by atoms with van der Waals surface area (Å²) in [4.78, 5) is 18.5. The highest BCUT2D eigenvalue weighted by atomic mass is 35.5. The Hall–Kier alpha value is -1.38. The molecule has 0 N–H and O–H groups in total. The molecule has 2 aliphatic heterocycles. The van der Waals surface area contributed by atoms with Gasteiger partial charge in [-0.05, 0) is 12.1 Å². The van der Waals surface area contributed by atoms with Crippen LogP contribution in [0.25, 0.3) is 0 Å². The minimum absolute atomic E-state index is 0. The van der Waals surface area contributed by atoms with Gasteiger partial charge >= 0.3 is 5.97 Å². The highest BCUT2D eigenvalue weighted by Gasteiger charge is 2.57. The summed E-state index contributed by atoms with van der Waals surface area (Å²) in [5.41, 5.74) is -0.647. The molecule has 7 nitrogen and oxygen atoms in total. The van der Waals surface area contributed by atoms with E-state index in [9.17, 15) is 13.2 Å². The van der Waals surface area contributed by atoms with Crippen molar-refractivity contribution >= 4 is 34.0 Å². The number of fused-ring (bicyclic) bond motifs is 1. The summed E-state index contributed by atoms with van der Waals surface area (Å²) in [6, 6.07) is 3.20. The molecule has 128 valence electrons. The van der Waals surface area contributed by atoms with E-state index in [-0.39, 0.29) is 29.2 Å². The number of halogens is 1. The Kier molecular flexibility index (Phi) is 4.89. The fourth-order valence-electron chi connectivity index (χ4n) is 3.18. The summed E-state index contributed by atoms with van der Waals surface area (Å²) < 4.78 is 33.3. The molecule has 2 saturated heterocycles. The molecule has 0 radical (unpaired) electrons. The minimum atomic E-state index is -3.26. The largest absolute Gasteiger partial charge is 0.468 e. The molecule has 3 heterocycles. The first-order valence-electron chi connectivity index (χ1n) is 6.94. The SMILES string of the molecule is COC(=O)[C@@]12COC[C@@H]1CN(c1ccc(S(C)(=O)=O)cn1)C2.Cl. The number of esters is 1. The molecule has 0 saturated carbocycles. The topological polar surface area (TPSA) is 85.8 Å². The van der Waals surface area contributed by atoms with E-state index < -0.39 is 15.3 Å². The second kappa shape index (κ2) is 6.26. The van der Waals surface area contributed by atoms with Crippen molar-refractivity contribution in [3.63, 3.8) is 0 Å². The van der Waals surface area contributed by atoms with E-state index in [4.69, 9.17) is 9.47 Å². The average molecular weight is 363 g/mol. The molecule has 0 unspecified atom stereocenters. The van der Waals surface area contributed by atoms with E-state index in [0.717, 1.165) is 6.26 Å². The number of carbonyl (C=O) groups excluding carboxylic acids is 1. The van der Waals surface area contributed by atoms with E-state index in [2.05, 4.69) is 4.98 Å². The van der Waals surface area contributed by atoms with Crippen molar-refractivity contribution in [3.05, 3.63) is 18.3 Å². The molecule has 0 amide bonds. The summed E-state index contributed by atoms with van der Waals surface area (Å²) in [5, 5.41) is 0. The molecule has 2 atom stereocenters. The lowest BCUT2D eigenvalue weighted by atomic mass is 9.81. The summed E-state index contributed by atoms with van der Waals surface area (Å²) >= 11 is 0. The van der Waals surface area contributed by atoms with Crippen molar-refractivity contribution < 1.29 is 22.7 Å². The number of ether oxygens (including phenoxy) is 2. The van der Waals surface area contributed by atoms with Crippen molar-refractivity contribution in [3.8, 4) is 0 Å². The van der Waals surface area contributed by atoms with Gasteiger partial charge in [-0.1, -0.05) is 0 Å². The maximum Gasteiger partial charge on any atom is 0.316 e. The number of hydrogen-bond acceptors (Lipinski definition) is 7. The van der Waals surface area contributed by atoms with Crippen LogP contribution >= 0.6 is 12.4 Å². The third kappa shape index (κ3) is 3.02. The van der Waals surface area contributed by atoms with Gasteiger partial charge in [0.1, 0.15) is 11.2 Å². The first kappa shape index (κ1) is 18.0. The van der Waals surface area contributed by atoms with Gasteiger partial charge in [-0.25, -0.2) is 13.4 Å². The zero-order chi connectivity index (χ0) is 16.0. The lowest BCUT2D eigenvalue weighted by Crippen LogP contribution is -2.40. The number of methoxy groups -OCH3 is 1. The Morgan fingerprint density at radius 3 is 2.78 bits per heavy atom. The average Bonchev–Trinajstić information content (AvgIpc) is 3.03. The molecule has 0 spiro atoms. The van der Waals surface area contributed by atoms with Gasteiger partial charge in [0.2, 0.25) is 0 Å². The van der Waals surface area contributed by atoms with Crippen molar-refractivity contribution in [1.82, 2.24) is 4.98 Å². The Bertz CT molecular complexity index is 694. The Balaban J connectivity index is 0.00000192. The standard InChI is InChI=1S/C14H18N2O5S.ClH/c1-20-13(17)14-8-16(6-10(14)7-21-9-14)12-4-3-11(5-15-12)22(2,18)19;/h3-5,10H,6-9H2,1-2H3;1H/t10-,14-;/m0./s1. The number of anilines is 1. The number of hydrogen-bond donors (Lipinski definition) is 0. The van der Waals surface area contributed by atoms with Crippen molar-refractivity contribution in [2.45, 2.75) is 4.90 Å². The second-order valence-corrected chi connectivity index (χ2v) is 7.88. The summed E-state index contributed by atoms with van der Waals surface area (Å²) in [7, 11) is -1.88. The highest BCUT2D eigenvalue weighted by molar-refractivity contribution is 7.90. The van der Waals surface area contributed by atoms with Gasteiger partial charge in [0, 0.05) is 31.5 Å². The highest BCUT2D eigenvalue weighted by Crippen LogP contribution is 2.43. The number of aromatic nitrogens is 1. The van der Waals surface area contributed by atoms with Crippen LogP contribution in [0, 0.1) is 11.3 Å². The predicted octanol–water partition coefficient (Wildman–Crippen LogP) is 0.533. The maximum absolute atomic E-state index is 12.2. The molecule has 0 bridgehead atoms. The first-order valence-corrected chi connectivity index (χ1v) is 8.83. The van der Waals surface area contributed by atoms with Crippen LogP contribution in [0.4, 0.5) is 5.82 Å². The normalized spacial score (nSPS) is 26.5. The maximum atomic E-state index is 12.2. The number of sulfone groups is 1. The van der Waals surface area contributed by atoms with E-state index in [1.54, 1.807) is 6.07 Å². The molecular formula is C14H19ClN2O5S. The molecule has 0 aromatic carbocycles. The molecule has 1 aromatic heterocycles. The predicted molar refractivity (Wildman–Crippen MR) is 85.6 cm³/mol. The van der Waals surface area contributed by atoms with E-state index in [1.165, 1.54) is 19.4 Å². The quantitative estimate of drug-likeness (QED) is 0.725. The fourth-order valence-corrected chi connectivity index (χ4v) is 3.74. The van der Waals surface area contributed by atoms with Gasteiger partial charge in [-0.3, -0.25) is 4.79 Å². The van der Waals surface area contributed by atoms with Crippen molar-refractivity contribution in [2.75, 3.05) is 44.6 Å². The molecule has 2 fully saturated rings. The summed E-state index contributed by atoms with van der Waals surface area (Å²) in [6.07, 6.45) is 2.49. The van der Waals surface area contributed by atoms with Gasteiger partial charge in [-0.2, -0.15) is 0 Å². The minimum Gasteiger partial charge on any atom is -0.468 e. The molecule has 1 aromatic rings. The zero-order valence-electron chi connectivity index (χ0n) is 12.9. The third-order valence-electron chi connectivity index (χ3n) is 4.44. The van der Waals surface area contributed by atoms with Crippen LogP contribution in [0.3, 0.4) is 0 Å². The monoisotopic (exact) mass is 362 g/mol. The van der Waals surface area contributed by atoms with Gasteiger partial charge in [0.15, 0.2) is 9.84 Å². The molecule has 9 heteroatoms. The number of carbonyl (C=O) groups is 1. The molecule has 3 rings (SSSR count). The van der Waals surface area contributed by atoms with Crippen LogP contribution in [0.5, 0.6) is 0 Å². The van der Waals surface area contributed by atoms with Crippen LogP contribution in [-0.4, -0.2) is 59.0 Å². The van der Waals surface area contributed by atoms with E-state index >= 15 is 0 Å². The molecule has 0 aliphatic carbocycles. The van der Waals surface area contributed by atoms with Crippen molar-refractivity contribution in [1.29, 1.82) is 0 Å².